The van der Waals surface area contributed by atoms with Crippen LogP contribution in [0.3, 0.4) is 0 Å². The summed E-state index contributed by atoms with van der Waals surface area (Å²) in [6.07, 6.45) is -9.35. The zero-order chi connectivity index (χ0) is 24.8. The van der Waals surface area contributed by atoms with E-state index in [0.29, 0.717) is 32.0 Å². The molecule has 2 aliphatic rings. The van der Waals surface area contributed by atoms with Gasteiger partial charge in [0.25, 0.3) is 0 Å². The molecule has 3 atom stereocenters. The van der Waals surface area contributed by atoms with Crippen LogP contribution in [0.4, 0.5) is 31.1 Å². The highest BCUT2D eigenvalue weighted by Gasteiger charge is 2.45. The van der Waals surface area contributed by atoms with Crippen molar-refractivity contribution in [1.29, 1.82) is 0 Å². The van der Waals surface area contributed by atoms with Gasteiger partial charge < -0.3 is 15.0 Å². The van der Waals surface area contributed by atoms with Crippen molar-refractivity contribution in [3.8, 4) is 0 Å². The van der Waals surface area contributed by atoms with Crippen LogP contribution in [0, 0.1) is 17.8 Å². The smallest absolute Gasteiger partial charge is 0.416 e. The maximum absolute atomic E-state index is 13.3. The number of alkyl halides is 6. The highest BCUT2D eigenvalue weighted by Crippen LogP contribution is 2.42. The molecule has 1 heterocycles. The summed E-state index contributed by atoms with van der Waals surface area (Å²) in [5, 5.41) is 2.44. The monoisotopic (exact) mass is 480 g/mol. The van der Waals surface area contributed by atoms with Crippen LogP contribution >= 0.6 is 0 Å². The van der Waals surface area contributed by atoms with Crippen LogP contribution < -0.4 is 5.32 Å². The second-order valence-electron chi connectivity index (χ2n) is 9.66. The van der Waals surface area contributed by atoms with Crippen molar-refractivity contribution >= 4 is 12.0 Å². The third-order valence-corrected chi connectivity index (χ3v) is 5.97. The lowest BCUT2D eigenvalue weighted by molar-refractivity contribution is -0.143. The molecule has 2 amide bonds. The van der Waals surface area contributed by atoms with E-state index in [-0.39, 0.29) is 17.9 Å². The van der Waals surface area contributed by atoms with Crippen LogP contribution in [-0.4, -0.2) is 35.6 Å². The lowest BCUT2D eigenvalue weighted by Crippen LogP contribution is -2.36. The third-order valence-electron chi connectivity index (χ3n) is 5.97. The van der Waals surface area contributed by atoms with Crippen molar-refractivity contribution in [2.45, 2.75) is 58.1 Å². The third kappa shape index (κ3) is 6.11. The Morgan fingerprint density at radius 1 is 1.00 bits per heavy atom. The number of carbonyl (C=O) groups is 2. The first-order chi connectivity index (χ1) is 15.0. The van der Waals surface area contributed by atoms with Crippen molar-refractivity contribution in [1.82, 2.24) is 10.2 Å². The van der Waals surface area contributed by atoms with Crippen LogP contribution in [0.25, 0.3) is 0 Å². The van der Waals surface area contributed by atoms with Gasteiger partial charge in [-0.15, -0.1) is 0 Å². The van der Waals surface area contributed by atoms with Gasteiger partial charge >= 0.3 is 18.4 Å². The number of amides is 2. The SMILES string of the molecule is CC(C)(C)OC(=O)N1C[C@H]2CC(C(=O)NCc3ccc(C(F)(F)F)cc3C(F)(F)F)C[C@H]2C1. The number of nitrogens with one attached hydrogen (secondary N) is 1. The Kier molecular flexibility index (Phi) is 6.65. The molecule has 1 aromatic carbocycles. The molecule has 1 saturated heterocycles. The lowest BCUT2D eigenvalue weighted by Gasteiger charge is -2.25. The number of carbonyl (C=O) groups excluding carboxylic acids is 2. The molecular formula is C22H26F6N2O3. The first-order valence-corrected chi connectivity index (χ1v) is 10.6. The van der Waals surface area contributed by atoms with E-state index in [1.165, 1.54) is 0 Å². The average Bonchev–Trinajstić information content (AvgIpc) is 3.22. The van der Waals surface area contributed by atoms with E-state index in [1.807, 2.05) is 0 Å². The zero-order valence-electron chi connectivity index (χ0n) is 18.4. The van der Waals surface area contributed by atoms with E-state index in [1.54, 1.807) is 25.7 Å². The number of rotatable bonds is 3. The molecule has 0 aromatic heterocycles. The van der Waals surface area contributed by atoms with Gasteiger partial charge in [0, 0.05) is 25.6 Å². The number of halogens is 6. The second-order valence-corrected chi connectivity index (χ2v) is 9.66. The molecule has 0 radical (unpaired) electrons. The van der Waals surface area contributed by atoms with Crippen molar-refractivity contribution in [3.05, 3.63) is 34.9 Å². The molecule has 1 unspecified atom stereocenters. The van der Waals surface area contributed by atoms with Crippen LogP contribution in [0.15, 0.2) is 18.2 Å². The number of likely N-dealkylation sites (tertiary alicyclic amines) is 1. The van der Waals surface area contributed by atoms with Gasteiger partial charge in [-0.1, -0.05) is 6.07 Å². The van der Waals surface area contributed by atoms with Gasteiger partial charge in [0.05, 0.1) is 11.1 Å². The summed E-state index contributed by atoms with van der Waals surface area (Å²) >= 11 is 0. The van der Waals surface area contributed by atoms with Crippen molar-refractivity contribution < 1.29 is 40.7 Å². The van der Waals surface area contributed by atoms with E-state index in [2.05, 4.69) is 5.32 Å². The number of nitrogens with zero attached hydrogens (tertiary/aromatic N) is 1. The predicted molar refractivity (Wildman–Crippen MR) is 106 cm³/mol. The number of benzene rings is 1. The Morgan fingerprint density at radius 3 is 2.06 bits per heavy atom. The molecule has 1 N–H and O–H groups in total. The fourth-order valence-corrected chi connectivity index (χ4v) is 4.49. The van der Waals surface area contributed by atoms with Gasteiger partial charge in [-0.05, 0) is 63.1 Å². The van der Waals surface area contributed by atoms with Gasteiger partial charge in [0.1, 0.15) is 5.60 Å². The fourth-order valence-electron chi connectivity index (χ4n) is 4.49. The molecule has 1 saturated carbocycles. The highest BCUT2D eigenvalue weighted by molar-refractivity contribution is 5.79. The van der Waals surface area contributed by atoms with Gasteiger partial charge in [0.2, 0.25) is 5.91 Å². The summed E-state index contributed by atoms with van der Waals surface area (Å²) in [6, 6.07) is 1.38. The van der Waals surface area contributed by atoms with E-state index >= 15 is 0 Å². The maximum atomic E-state index is 13.3. The first-order valence-electron chi connectivity index (χ1n) is 10.6. The quantitative estimate of drug-likeness (QED) is 0.603. The summed E-state index contributed by atoms with van der Waals surface area (Å²) in [5.74, 6) is -0.694. The van der Waals surface area contributed by atoms with Crippen molar-refractivity contribution in [2.75, 3.05) is 13.1 Å². The average molecular weight is 480 g/mol. The zero-order valence-corrected chi connectivity index (χ0v) is 18.4. The number of hydrogen-bond donors (Lipinski definition) is 1. The van der Waals surface area contributed by atoms with E-state index in [0.717, 1.165) is 6.07 Å². The molecule has 0 spiro atoms. The standard InChI is InChI=1S/C22H26F6N2O3/c1-20(2,3)33-19(32)30-10-14-6-13(7-15(14)11-30)18(31)29-9-12-4-5-16(21(23,24)25)8-17(12)22(26,27)28/h4-5,8,13-15H,6-7,9-11H2,1-3H3,(H,29,31)/t13?,14-,15+. The summed E-state index contributed by atoms with van der Waals surface area (Å²) < 4.78 is 83.6. The van der Waals surface area contributed by atoms with E-state index < -0.39 is 59.1 Å². The molecule has 3 rings (SSSR count). The minimum Gasteiger partial charge on any atom is -0.444 e. The first kappa shape index (κ1) is 25.2. The molecular weight excluding hydrogens is 454 g/mol. The van der Waals surface area contributed by atoms with Crippen LogP contribution in [-0.2, 0) is 28.4 Å². The van der Waals surface area contributed by atoms with E-state index in [9.17, 15) is 35.9 Å². The molecule has 1 aromatic rings. The van der Waals surface area contributed by atoms with Crippen molar-refractivity contribution in [3.63, 3.8) is 0 Å². The minimum atomic E-state index is -4.99. The molecule has 1 aliphatic heterocycles. The summed E-state index contributed by atoms with van der Waals surface area (Å²) in [6.45, 7) is 5.66. The minimum absolute atomic E-state index is 0.0622. The Morgan fingerprint density at radius 2 is 1.58 bits per heavy atom. The Bertz CT molecular complexity index is 893. The van der Waals surface area contributed by atoms with Crippen LogP contribution in [0.2, 0.25) is 0 Å². The van der Waals surface area contributed by atoms with Gasteiger partial charge in [0.15, 0.2) is 0 Å². The molecule has 1 aliphatic carbocycles. The van der Waals surface area contributed by atoms with Crippen molar-refractivity contribution in [2.24, 2.45) is 17.8 Å². The molecule has 5 nitrogen and oxygen atoms in total. The molecule has 11 heteroatoms. The predicted octanol–water partition coefficient (Wildman–Crippen LogP) is 5.23. The number of fused-ring (bicyclic) bond motifs is 1. The normalized spacial score (nSPS) is 23.4. The molecule has 184 valence electrons. The molecule has 0 bridgehead atoms. The Hall–Kier alpha value is -2.46. The summed E-state index contributed by atoms with van der Waals surface area (Å²) in [5.41, 5.74) is -3.87. The van der Waals surface area contributed by atoms with Gasteiger partial charge in [-0.3, -0.25) is 4.79 Å². The largest absolute Gasteiger partial charge is 0.444 e. The van der Waals surface area contributed by atoms with E-state index in [4.69, 9.17) is 4.74 Å². The lowest BCUT2D eigenvalue weighted by atomic mass is 10.0. The van der Waals surface area contributed by atoms with Gasteiger partial charge in [-0.25, -0.2) is 4.79 Å². The maximum Gasteiger partial charge on any atom is 0.416 e. The van der Waals surface area contributed by atoms with Crippen LogP contribution in [0.5, 0.6) is 0 Å². The number of hydrogen-bond acceptors (Lipinski definition) is 3. The fraction of sp³-hybridized carbons (Fsp3) is 0.636. The Balaban J connectivity index is 1.59. The highest BCUT2D eigenvalue weighted by atomic mass is 19.4. The summed E-state index contributed by atoms with van der Waals surface area (Å²) in [7, 11) is 0. The molecule has 33 heavy (non-hydrogen) atoms. The second kappa shape index (κ2) is 8.72. The molecule has 2 fully saturated rings. The number of ether oxygens (including phenoxy) is 1. The topological polar surface area (TPSA) is 58.6 Å². The van der Waals surface area contributed by atoms with Gasteiger partial charge in [-0.2, -0.15) is 26.3 Å². The summed E-state index contributed by atoms with van der Waals surface area (Å²) in [4.78, 5) is 26.4. The Labute approximate surface area is 187 Å². The van der Waals surface area contributed by atoms with Crippen LogP contribution in [0.1, 0.15) is 50.3 Å².